The van der Waals surface area contributed by atoms with E-state index in [9.17, 15) is 0 Å². The van der Waals surface area contributed by atoms with Gasteiger partial charge in [0.1, 0.15) is 0 Å². The molecule has 2 N–H and O–H groups in total. The van der Waals surface area contributed by atoms with Crippen LogP contribution in [0, 0.1) is 13.8 Å². The van der Waals surface area contributed by atoms with Gasteiger partial charge < -0.3 is 10.2 Å². The largest absolute Gasteiger partial charge is 0.392 e. The first-order valence-corrected chi connectivity index (χ1v) is 5.99. The van der Waals surface area contributed by atoms with Crippen LogP contribution in [-0.4, -0.2) is 10.2 Å². The van der Waals surface area contributed by atoms with Crippen LogP contribution < -0.4 is 0 Å². The molecule has 1 aromatic rings. The minimum atomic E-state index is 0.0422. The van der Waals surface area contributed by atoms with E-state index in [2.05, 4.69) is 0 Å². The molecule has 0 heterocycles. The SMILES string of the molecule is CC.CC.Cc1cc(CO)c(C)c(CO)c1. The fourth-order valence-corrected chi connectivity index (χ4v) is 1.34. The molecule has 0 unspecified atom stereocenters. The summed E-state index contributed by atoms with van der Waals surface area (Å²) in [6, 6.07) is 3.88. The Morgan fingerprint density at radius 3 is 1.38 bits per heavy atom. The number of hydrogen-bond donors (Lipinski definition) is 2. The summed E-state index contributed by atoms with van der Waals surface area (Å²) in [7, 11) is 0. The second-order valence-electron chi connectivity index (χ2n) is 3.02. The molecule has 0 aliphatic carbocycles. The maximum absolute atomic E-state index is 8.98. The first-order valence-electron chi connectivity index (χ1n) is 5.99. The standard InChI is InChI=1S/C10H14O2.2C2H6/c1-7-3-9(5-11)8(2)10(4-7)6-12;2*1-2/h3-4,11-12H,5-6H2,1-2H3;2*1-2H3. The van der Waals surface area contributed by atoms with Crippen molar-refractivity contribution in [2.45, 2.75) is 54.8 Å². The number of rotatable bonds is 2. The van der Waals surface area contributed by atoms with E-state index in [1.165, 1.54) is 0 Å². The third-order valence-corrected chi connectivity index (χ3v) is 2.11. The lowest BCUT2D eigenvalue weighted by Gasteiger charge is -2.08. The summed E-state index contributed by atoms with van der Waals surface area (Å²) in [6.45, 7) is 12.0. The third-order valence-electron chi connectivity index (χ3n) is 2.11. The molecule has 2 heteroatoms. The highest BCUT2D eigenvalue weighted by molar-refractivity contribution is 5.37. The highest BCUT2D eigenvalue weighted by Gasteiger charge is 2.03. The molecule has 16 heavy (non-hydrogen) atoms. The van der Waals surface area contributed by atoms with Crippen molar-refractivity contribution in [2.24, 2.45) is 0 Å². The zero-order chi connectivity index (χ0) is 13.1. The van der Waals surface area contributed by atoms with Crippen LogP contribution in [0.25, 0.3) is 0 Å². The van der Waals surface area contributed by atoms with Crippen LogP contribution in [-0.2, 0) is 13.2 Å². The van der Waals surface area contributed by atoms with E-state index < -0.39 is 0 Å². The molecule has 0 saturated carbocycles. The van der Waals surface area contributed by atoms with Crippen LogP contribution in [0.1, 0.15) is 49.9 Å². The number of aryl methyl sites for hydroxylation is 1. The van der Waals surface area contributed by atoms with E-state index in [4.69, 9.17) is 10.2 Å². The molecule has 94 valence electrons. The Hall–Kier alpha value is -0.860. The fraction of sp³-hybridized carbons (Fsp3) is 0.571. The van der Waals surface area contributed by atoms with Crippen molar-refractivity contribution >= 4 is 0 Å². The zero-order valence-corrected chi connectivity index (χ0v) is 11.5. The van der Waals surface area contributed by atoms with Gasteiger partial charge in [0.05, 0.1) is 13.2 Å². The Kier molecular flexibility index (Phi) is 11.7. The molecule has 0 aliphatic rings. The van der Waals surface area contributed by atoms with Crippen LogP contribution in [0.3, 0.4) is 0 Å². The maximum atomic E-state index is 8.98. The van der Waals surface area contributed by atoms with Gasteiger partial charge in [-0.1, -0.05) is 45.4 Å². The summed E-state index contributed by atoms with van der Waals surface area (Å²) < 4.78 is 0. The van der Waals surface area contributed by atoms with Gasteiger partial charge in [-0.3, -0.25) is 0 Å². The molecule has 0 atom stereocenters. The first kappa shape index (κ1) is 17.5. The van der Waals surface area contributed by atoms with Gasteiger partial charge in [0.25, 0.3) is 0 Å². The summed E-state index contributed by atoms with van der Waals surface area (Å²) >= 11 is 0. The van der Waals surface area contributed by atoms with Crippen molar-refractivity contribution in [3.05, 3.63) is 34.4 Å². The molecule has 0 fully saturated rings. The van der Waals surface area contributed by atoms with E-state index in [-0.39, 0.29) is 13.2 Å². The average Bonchev–Trinajstić information content (AvgIpc) is 2.36. The molecular weight excluding hydrogens is 200 g/mol. The minimum absolute atomic E-state index is 0.0422. The van der Waals surface area contributed by atoms with Crippen LogP contribution in [0.5, 0.6) is 0 Å². The summed E-state index contributed by atoms with van der Waals surface area (Å²) in [4.78, 5) is 0. The number of aliphatic hydroxyl groups is 2. The topological polar surface area (TPSA) is 40.5 Å². The zero-order valence-electron chi connectivity index (χ0n) is 11.5. The fourth-order valence-electron chi connectivity index (χ4n) is 1.34. The van der Waals surface area contributed by atoms with Crippen molar-refractivity contribution < 1.29 is 10.2 Å². The van der Waals surface area contributed by atoms with E-state index in [1.807, 2.05) is 53.7 Å². The van der Waals surface area contributed by atoms with Gasteiger partial charge in [0.15, 0.2) is 0 Å². The Morgan fingerprint density at radius 2 is 1.12 bits per heavy atom. The second kappa shape index (κ2) is 10.7. The van der Waals surface area contributed by atoms with Gasteiger partial charge in [-0.05, 0) is 30.5 Å². The normalized spacial score (nSPS) is 8.50. The van der Waals surface area contributed by atoms with Crippen molar-refractivity contribution in [1.29, 1.82) is 0 Å². The van der Waals surface area contributed by atoms with Gasteiger partial charge >= 0.3 is 0 Å². The highest BCUT2D eigenvalue weighted by atomic mass is 16.3. The van der Waals surface area contributed by atoms with Crippen LogP contribution in [0.4, 0.5) is 0 Å². The Bertz CT molecular complexity index is 255. The van der Waals surface area contributed by atoms with E-state index in [0.29, 0.717) is 0 Å². The van der Waals surface area contributed by atoms with E-state index >= 15 is 0 Å². The van der Waals surface area contributed by atoms with Crippen molar-refractivity contribution in [3.8, 4) is 0 Å². The first-order chi connectivity index (χ1) is 7.69. The minimum Gasteiger partial charge on any atom is -0.392 e. The summed E-state index contributed by atoms with van der Waals surface area (Å²) in [5, 5.41) is 18.0. The predicted molar refractivity (Wildman–Crippen MR) is 70.5 cm³/mol. The Balaban J connectivity index is 0. The van der Waals surface area contributed by atoms with Gasteiger partial charge in [0, 0.05) is 0 Å². The molecule has 0 bridgehead atoms. The molecule has 0 spiro atoms. The van der Waals surface area contributed by atoms with Gasteiger partial charge in [-0.15, -0.1) is 0 Å². The molecule has 0 amide bonds. The van der Waals surface area contributed by atoms with E-state index in [0.717, 1.165) is 22.3 Å². The highest BCUT2D eigenvalue weighted by Crippen LogP contribution is 2.16. The average molecular weight is 226 g/mol. The van der Waals surface area contributed by atoms with Crippen LogP contribution in [0.15, 0.2) is 12.1 Å². The lowest BCUT2D eigenvalue weighted by Crippen LogP contribution is -1.96. The molecule has 0 radical (unpaired) electrons. The number of hydrogen-bond acceptors (Lipinski definition) is 2. The van der Waals surface area contributed by atoms with Gasteiger partial charge in [-0.2, -0.15) is 0 Å². The lowest BCUT2D eigenvalue weighted by molar-refractivity contribution is 0.273. The summed E-state index contributed by atoms with van der Waals surface area (Å²) in [6.07, 6.45) is 0. The Morgan fingerprint density at radius 1 is 0.812 bits per heavy atom. The molecule has 0 aliphatic heterocycles. The smallest absolute Gasteiger partial charge is 0.0684 e. The second-order valence-corrected chi connectivity index (χ2v) is 3.02. The van der Waals surface area contributed by atoms with Gasteiger partial charge in [-0.25, -0.2) is 0 Å². The summed E-state index contributed by atoms with van der Waals surface area (Å²) in [5.41, 5.74) is 3.87. The van der Waals surface area contributed by atoms with Crippen molar-refractivity contribution in [1.82, 2.24) is 0 Å². The quantitative estimate of drug-likeness (QED) is 0.812. The van der Waals surface area contributed by atoms with Gasteiger partial charge in [0.2, 0.25) is 0 Å². The molecule has 2 nitrogen and oxygen atoms in total. The molecule has 0 saturated heterocycles. The third kappa shape index (κ3) is 5.29. The Labute approximate surface area is 100.0 Å². The number of benzene rings is 1. The van der Waals surface area contributed by atoms with Crippen LogP contribution in [0.2, 0.25) is 0 Å². The predicted octanol–water partition coefficient (Wildman–Crippen LogP) is 3.34. The molecular formula is C14H26O2. The monoisotopic (exact) mass is 226 g/mol. The number of aliphatic hydroxyl groups excluding tert-OH is 2. The summed E-state index contributed by atoms with van der Waals surface area (Å²) in [5.74, 6) is 0. The van der Waals surface area contributed by atoms with Crippen molar-refractivity contribution in [3.63, 3.8) is 0 Å². The molecule has 1 rings (SSSR count). The lowest BCUT2D eigenvalue weighted by atomic mass is 10.0. The van der Waals surface area contributed by atoms with Crippen LogP contribution >= 0.6 is 0 Å². The van der Waals surface area contributed by atoms with Crippen molar-refractivity contribution in [2.75, 3.05) is 0 Å². The maximum Gasteiger partial charge on any atom is 0.0684 e. The molecule has 0 aromatic heterocycles. The van der Waals surface area contributed by atoms with E-state index in [1.54, 1.807) is 0 Å². The molecule has 1 aromatic carbocycles.